The van der Waals surface area contributed by atoms with Crippen molar-refractivity contribution in [1.29, 1.82) is 0 Å². The summed E-state index contributed by atoms with van der Waals surface area (Å²) in [4.78, 5) is 4.62. The molecule has 0 aliphatic heterocycles. The summed E-state index contributed by atoms with van der Waals surface area (Å²) < 4.78 is 11.9. The zero-order valence-electron chi connectivity index (χ0n) is 84.4. The highest BCUT2D eigenvalue weighted by molar-refractivity contribution is 6.13. The average molecular weight is 1850 g/mol. The van der Waals surface area contributed by atoms with Gasteiger partial charge in [-0.05, 0) is 255 Å². The summed E-state index contributed by atoms with van der Waals surface area (Å²) in [5.41, 5.74) is 30.7. The molecule has 0 radical (unpaired) electrons. The molecule has 0 N–H and O–H groups in total. The van der Waals surface area contributed by atoms with Gasteiger partial charge in [0.05, 0.1) is 44.1 Å². The van der Waals surface area contributed by atoms with E-state index in [9.17, 15) is 0 Å². The highest BCUT2D eigenvalue weighted by Gasteiger charge is 2.22. The average Bonchev–Trinajstić information content (AvgIpc) is 1.59. The summed E-state index contributed by atoms with van der Waals surface area (Å²) in [5, 5.41) is 13.3. The van der Waals surface area contributed by atoms with Crippen LogP contribution in [0.3, 0.4) is 0 Å². The van der Waals surface area contributed by atoms with E-state index < -0.39 is 0 Å². The molecule has 7 nitrogen and oxygen atoms in total. The number of hydrogen-bond acceptors (Lipinski definition) is 2. The van der Waals surface area contributed by atoms with Crippen molar-refractivity contribution in [3.8, 4) is 22.7 Å². The van der Waals surface area contributed by atoms with Gasteiger partial charge in [-0.15, -0.1) is 0 Å². The van der Waals surface area contributed by atoms with E-state index in [-0.39, 0.29) is 0 Å². The maximum atomic E-state index is 2.41. The van der Waals surface area contributed by atoms with Gasteiger partial charge in [0, 0.05) is 128 Å². The second-order valence-corrected chi connectivity index (χ2v) is 38.8. The first kappa shape index (κ1) is 96.1. The summed E-state index contributed by atoms with van der Waals surface area (Å²) in [7, 11) is 0. The van der Waals surface area contributed by atoms with Crippen LogP contribution in [0.2, 0.25) is 0 Å². The lowest BCUT2D eigenvalue weighted by molar-refractivity contribution is 0.642. The third-order valence-electron chi connectivity index (χ3n) is 27.1. The van der Waals surface area contributed by atoms with E-state index in [1.807, 2.05) is 12.1 Å². The number of hydrogen-bond donors (Lipinski definition) is 0. The number of aromatic nitrogens is 5. The van der Waals surface area contributed by atoms with Gasteiger partial charge in [-0.1, -0.05) is 385 Å². The molecule has 24 aromatic rings. The summed E-state index contributed by atoms with van der Waals surface area (Å²) in [6, 6.07) is 173. The Morgan fingerprint density at radius 3 is 0.803 bits per heavy atom. The Bertz CT molecular complexity index is 8070. The minimum absolute atomic E-state index is 0.449. The third kappa shape index (κ3) is 20.6. The second-order valence-electron chi connectivity index (χ2n) is 38.8. The van der Waals surface area contributed by atoms with Gasteiger partial charge in [-0.25, -0.2) is 0 Å². The molecule has 0 amide bonds. The number of nitrogens with zero attached hydrogens (tertiary/aromatic N) is 7. The van der Waals surface area contributed by atoms with Crippen LogP contribution in [0.25, 0.3) is 132 Å². The van der Waals surface area contributed by atoms with E-state index in [2.05, 4.69) is 603 Å². The first-order valence-corrected chi connectivity index (χ1v) is 50.6. The molecule has 0 saturated heterocycles. The second kappa shape index (κ2) is 44.3. The molecule has 0 saturated carbocycles. The van der Waals surface area contributed by atoms with Gasteiger partial charge in [0.2, 0.25) is 0 Å². The molecule has 0 aliphatic rings. The molecule has 5 aromatic heterocycles. The Labute approximate surface area is 838 Å². The Kier molecular flexibility index (Phi) is 30.0. The van der Waals surface area contributed by atoms with Crippen molar-refractivity contribution in [1.82, 2.24) is 22.8 Å². The van der Waals surface area contributed by atoms with Crippen molar-refractivity contribution in [2.24, 2.45) is 0 Å². The van der Waals surface area contributed by atoms with Crippen LogP contribution in [0.5, 0.6) is 0 Å². The zero-order valence-corrected chi connectivity index (χ0v) is 84.4. The van der Waals surface area contributed by atoms with Crippen LogP contribution >= 0.6 is 0 Å². The van der Waals surface area contributed by atoms with Gasteiger partial charge < -0.3 is 32.6 Å². The smallest absolute Gasteiger partial charge is 0.0575 e. The van der Waals surface area contributed by atoms with Crippen molar-refractivity contribution in [3.63, 3.8) is 0 Å². The predicted octanol–water partition coefficient (Wildman–Crippen LogP) is 38.5. The predicted molar refractivity (Wildman–Crippen MR) is 615 cm³/mol. The normalized spacial score (nSPS) is 11.3. The molecule has 5 heterocycles. The molecular formula is C135H129N7. The molecular weight excluding hydrogens is 1720 g/mol. The lowest BCUT2D eigenvalue weighted by Gasteiger charge is -2.29. The minimum Gasteiger partial charge on any atom is -0.339 e. The SMILES string of the molecule is CC(C)N(c1ccccc1)c1ccccc1.CC(C)c1ccc(-n2c3ccccc3c3ccccc32)cc1.CC(C)c1ccc(N(c2ccccc2)c2ccccc2)cc1.CC(C)c1ccc2c(c1)c1ccccc1n2-c1ccccc1.CC(C)c1ccc2c3ccccc3n(-c3ccccc3)c2c1.CC(C)c1cccc2c3ccccc3n(-c3ccccc3)c12.CC(C)n1c2ccccc2c2ccccc21. The highest BCUT2D eigenvalue weighted by atomic mass is 15.2. The molecule has 0 spiro atoms. The third-order valence-corrected chi connectivity index (χ3v) is 27.1. The zero-order chi connectivity index (χ0) is 98.3. The van der Waals surface area contributed by atoms with E-state index in [1.54, 1.807) is 0 Å². The van der Waals surface area contributed by atoms with E-state index in [1.165, 1.54) is 188 Å². The van der Waals surface area contributed by atoms with Crippen LogP contribution in [0.1, 0.15) is 160 Å². The van der Waals surface area contributed by atoms with Gasteiger partial charge in [0.15, 0.2) is 0 Å². The largest absolute Gasteiger partial charge is 0.339 e. The van der Waals surface area contributed by atoms with Crippen molar-refractivity contribution in [2.75, 3.05) is 9.80 Å². The quantitative estimate of drug-likeness (QED) is 0.0965. The Morgan fingerprint density at radius 2 is 0.430 bits per heavy atom. The summed E-state index contributed by atoms with van der Waals surface area (Å²) >= 11 is 0. The van der Waals surface area contributed by atoms with Crippen molar-refractivity contribution in [3.05, 3.63) is 513 Å². The standard InChI is InChI=1S/4C21H19N.C21H21N.C15H15N.C15H17N/c1-15(2)16-11-13-17(14-12-16)22-20-9-5-3-7-18(20)19-8-4-6-10-21(19)22;1-15(2)17-12-8-13-19-18-11-6-7-14-20(18)22(21(17)19)16-9-4-3-5-10-16;1-15(2)16-12-13-21-19(14-16)18-10-6-7-11-20(18)22(21)17-8-4-3-5-9-17;1-15(2)16-12-13-19-18-10-6-7-11-20(18)22(21(19)14-16)17-8-4-3-5-9-17;1-17(2)18-13-15-21(16-14-18)22(19-9-5-3-6-10-19)20-11-7-4-8-12-20;1-11(2)16-14-9-5-3-7-12(14)13-8-4-6-10-15(13)16;1-13(2)16(14-9-5-3-6-10-14)15-11-7-4-8-12-15/h4*3-15H,1-2H3;3-17H,1-2H3;3-11H,1-2H3;3-13H,1-2H3. The van der Waals surface area contributed by atoms with E-state index >= 15 is 0 Å². The maximum absolute atomic E-state index is 2.41. The fourth-order valence-electron chi connectivity index (χ4n) is 20.0. The van der Waals surface area contributed by atoms with Crippen molar-refractivity contribution >= 4 is 137 Å². The molecule has 0 fully saturated rings. The maximum Gasteiger partial charge on any atom is 0.0575 e. The van der Waals surface area contributed by atoms with Crippen molar-refractivity contribution < 1.29 is 0 Å². The first-order valence-electron chi connectivity index (χ1n) is 50.6. The van der Waals surface area contributed by atoms with Gasteiger partial charge in [0.1, 0.15) is 0 Å². The molecule has 0 aliphatic carbocycles. The van der Waals surface area contributed by atoms with E-state index in [0.717, 1.165) is 0 Å². The van der Waals surface area contributed by atoms with Crippen LogP contribution in [-0.2, 0) is 0 Å². The van der Waals surface area contributed by atoms with Crippen LogP contribution in [0.4, 0.5) is 28.4 Å². The number of para-hydroxylation sites is 15. The summed E-state index contributed by atoms with van der Waals surface area (Å²) in [6.07, 6.45) is 0. The number of benzene rings is 19. The highest BCUT2D eigenvalue weighted by Crippen LogP contribution is 2.42. The monoisotopic (exact) mass is 1850 g/mol. The van der Waals surface area contributed by atoms with Crippen LogP contribution in [0.15, 0.2) is 485 Å². The topological polar surface area (TPSA) is 31.1 Å². The molecule has 19 aromatic carbocycles. The summed E-state index contributed by atoms with van der Waals surface area (Å²) in [6.45, 7) is 31.3. The van der Waals surface area contributed by atoms with Gasteiger partial charge in [0.25, 0.3) is 0 Å². The molecule has 0 atom stereocenters. The molecule has 24 rings (SSSR count). The number of anilines is 5. The van der Waals surface area contributed by atoms with Crippen LogP contribution in [0, 0.1) is 0 Å². The lowest BCUT2D eigenvalue weighted by Crippen LogP contribution is -2.25. The van der Waals surface area contributed by atoms with Gasteiger partial charge >= 0.3 is 0 Å². The van der Waals surface area contributed by atoms with Crippen molar-refractivity contribution in [2.45, 2.75) is 139 Å². The Morgan fingerprint density at radius 1 is 0.169 bits per heavy atom. The minimum atomic E-state index is 0.449. The Hall–Kier alpha value is -16.2. The van der Waals surface area contributed by atoms with E-state index in [0.29, 0.717) is 41.7 Å². The number of fused-ring (bicyclic) bond motifs is 15. The molecule has 7 heteroatoms. The van der Waals surface area contributed by atoms with Gasteiger partial charge in [-0.3, -0.25) is 0 Å². The first-order chi connectivity index (χ1) is 69.4. The number of rotatable bonds is 16. The molecule has 142 heavy (non-hydrogen) atoms. The Balaban J connectivity index is 0.000000110. The molecule has 704 valence electrons. The van der Waals surface area contributed by atoms with Crippen LogP contribution < -0.4 is 9.80 Å². The lowest BCUT2D eigenvalue weighted by atomic mass is 10.00. The summed E-state index contributed by atoms with van der Waals surface area (Å²) in [5.74, 6) is 2.69. The van der Waals surface area contributed by atoms with E-state index in [4.69, 9.17) is 0 Å². The fourth-order valence-corrected chi connectivity index (χ4v) is 20.0. The molecule has 0 bridgehead atoms. The van der Waals surface area contributed by atoms with Crippen LogP contribution in [-0.4, -0.2) is 28.9 Å². The fraction of sp³-hybridized carbons (Fsp3) is 0.156. The van der Waals surface area contributed by atoms with Gasteiger partial charge in [-0.2, -0.15) is 0 Å². The molecule has 0 unspecified atom stereocenters.